The van der Waals surface area contributed by atoms with Crippen molar-refractivity contribution in [2.75, 3.05) is 26.7 Å². The lowest BCUT2D eigenvalue weighted by Gasteiger charge is -2.26. The Morgan fingerprint density at radius 1 is 1.50 bits per heavy atom. The third-order valence-electron chi connectivity index (χ3n) is 3.52. The molecule has 0 aromatic heterocycles. The predicted octanol–water partition coefficient (Wildman–Crippen LogP) is 2.64. The minimum absolute atomic E-state index is 0.131. The molecule has 1 aliphatic rings. The van der Waals surface area contributed by atoms with Crippen LogP contribution in [0.25, 0.3) is 0 Å². The van der Waals surface area contributed by atoms with E-state index in [1.165, 1.54) is 5.56 Å². The number of halogens is 1. The van der Waals surface area contributed by atoms with Crippen molar-refractivity contribution in [3.05, 3.63) is 34.3 Å². The van der Waals surface area contributed by atoms with E-state index in [1.54, 1.807) is 0 Å². The molecule has 1 aromatic carbocycles. The van der Waals surface area contributed by atoms with Gasteiger partial charge in [0.1, 0.15) is 5.84 Å². The molecule has 0 aliphatic carbocycles. The molecule has 3 nitrogen and oxygen atoms in total. The van der Waals surface area contributed by atoms with Crippen molar-refractivity contribution in [2.45, 2.75) is 19.9 Å². The van der Waals surface area contributed by atoms with E-state index < -0.39 is 0 Å². The number of nitrogens with zero attached hydrogens (tertiary/aromatic N) is 2. The minimum Gasteiger partial charge on any atom is -0.357 e. The fourth-order valence-corrected chi connectivity index (χ4v) is 2.64. The van der Waals surface area contributed by atoms with E-state index in [9.17, 15) is 0 Å². The number of benzene rings is 1. The van der Waals surface area contributed by atoms with Crippen molar-refractivity contribution in [3.8, 4) is 0 Å². The SMILES string of the molecule is CCN1CCN=C1C(NC)c1cccc(Cl)c1C. The first-order chi connectivity index (χ1) is 8.69. The summed E-state index contributed by atoms with van der Waals surface area (Å²) in [6.07, 6.45) is 0. The van der Waals surface area contributed by atoms with Gasteiger partial charge in [-0.2, -0.15) is 0 Å². The third kappa shape index (κ3) is 2.38. The topological polar surface area (TPSA) is 27.6 Å². The summed E-state index contributed by atoms with van der Waals surface area (Å²) in [5, 5.41) is 4.18. The normalized spacial score (nSPS) is 16.9. The number of hydrogen-bond donors (Lipinski definition) is 1. The molecule has 1 aliphatic heterocycles. The van der Waals surface area contributed by atoms with Gasteiger partial charge in [-0.1, -0.05) is 23.7 Å². The Morgan fingerprint density at radius 3 is 2.94 bits per heavy atom. The van der Waals surface area contributed by atoms with E-state index in [0.29, 0.717) is 0 Å². The number of amidine groups is 1. The summed E-state index contributed by atoms with van der Waals surface area (Å²) >= 11 is 6.21. The molecular formula is C14H20ClN3. The Kier molecular flexibility index (Phi) is 4.25. The monoisotopic (exact) mass is 265 g/mol. The molecule has 4 heteroatoms. The van der Waals surface area contributed by atoms with Crippen LogP contribution in [0.5, 0.6) is 0 Å². The summed E-state index contributed by atoms with van der Waals surface area (Å²) in [4.78, 5) is 6.96. The molecule has 0 saturated carbocycles. The minimum atomic E-state index is 0.131. The molecule has 2 rings (SSSR count). The van der Waals surface area contributed by atoms with Crippen LogP contribution in [0, 0.1) is 6.92 Å². The van der Waals surface area contributed by atoms with E-state index in [1.807, 2.05) is 19.2 Å². The second-order valence-electron chi connectivity index (χ2n) is 4.50. The quantitative estimate of drug-likeness (QED) is 0.906. The van der Waals surface area contributed by atoms with Crippen molar-refractivity contribution in [1.29, 1.82) is 0 Å². The van der Waals surface area contributed by atoms with Crippen molar-refractivity contribution in [3.63, 3.8) is 0 Å². The number of rotatable bonds is 4. The number of nitrogens with one attached hydrogen (secondary N) is 1. The van der Waals surface area contributed by atoms with Gasteiger partial charge in [-0.05, 0) is 38.1 Å². The average Bonchev–Trinajstić information content (AvgIpc) is 2.83. The lowest BCUT2D eigenvalue weighted by Crippen LogP contribution is -2.37. The van der Waals surface area contributed by atoms with Gasteiger partial charge in [-0.25, -0.2) is 0 Å². The first-order valence-corrected chi connectivity index (χ1v) is 6.78. The Labute approximate surface area is 114 Å². The highest BCUT2D eigenvalue weighted by Crippen LogP contribution is 2.27. The van der Waals surface area contributed by atoms with Crippen molar-refractivity contribution >= 4 is 17.4 Å². The average molecular weight is 266 g/mol. The van der Waals surface area contributed by atoms with Crippen LogP contribution < -0.4 is 5.32 Å². The Hall–Kier alpha value is -1.06. The molecular weight excluding hydrogens is 246 g/mol. The molecule has 0 amide bonds. The smallest absolute Gasteiger partial charge is 0.121 e. The van der Waals surface area contributed by atoms with Gasteiger partial charge in [0.2, 0.25) is 0 Å². The summed E-state index contributed by atoms with van der Waals surface area (Å²) < 4.78 is 0. The van der Waals surface area contributed by atoms with Gasteiger partial charge >= 0.3 is 0 Å². The van der Waals surface area contributed by atoms with Crippen LogP contribution in [-0.2, 0) is 0 Å². The van der Waals surface area contributed by atoms with Gasteiger partial charge < -0.3 is 10.2 Å². The molecule has 0 spiro atoms. The molecule has 0 bridgehead atoms. The van der Waals surface area contributed by atoms with Crippen molar-refractivity contribution < 1.29 is 0 Å². The number of likely N-dealkylation sites (N-methyl/N-ethyl adjacent to an activating group) is 2. The van der Waals surface area contributed by atoms with Crippen LogP contribution in [0.15, 0.2) is 23.2 Å². The summed E-state index contributed by atoms with van der Waals surface area (Å²) in [5.74, 6) is 1.13. The third-order valence-corrected chi connectivity index (χ3v) is 3.93. The Morgan fingerprint density at radius 2 is 2.28 bits per heavy atom. The van der Waals surface area contributed by atoms with Crippen molar-refractivity contribution in [2.24, 2.45) is 4.99 Å². The highest BCUT2D eigenvalue weighted by Gasteiger charge is 2.26. The maximum Gasteiger partial charge on any atom is 0.121 e. The van der Waals surface area contributed by atoms with Gasteiger partial charge in [0.15, 0.2) is 0 Å². The highest BCUT2D eigenvalue weighted by atomic mass is 35.5. The predicted molar refractivity (Wildman–Crippen MR) is 77.5 cm³/mol. The van der Waals surface area contributed by atoms with Gasteiger partial charge in [0.25, 0.3) is 0 Å². The lowest BCUT2D eigenvalue weighted by atomic mass is 10.00. The molecule has 98 valence electrons. The summed E-state index contributed by atoms with van der Waals surface area (Å²) in [6, 6.07) is 6.19. The summed E-state index contributed by atoms with van der Waals surface area (Å²) in [5.41, 5.74) is 2.34. The first kappa shape index (κ1) is 13.4. The molecule has 0 saturated heterocycles. The molecule has 0 fully saturated rings. The fourth-order valence-electron chi connectivity index (χ4n) is 2.45. The first-order valence-electron chi connectivity index (χ1n) is 6.40. The molecule has 18 heavy (non-hydrogen) atoms. The van der Waals surface area contributed by atoms with E-state index in [4.69, 9.17) is 11.6 Å². The Bertz CT molecular complexity index is 456. The fraction of sp³-hybridized carbons (Fsp3) is 0.500. The van der Waals surface area contributed by atoms with Gasteiger partial charge in [0.05, 0.1) is 12.6 Å². The second kappa shape index (κ2) is 5.72. The highest BCUT2D eigenvalue weighted by molar-refractivity contribution is 6.31. The van der Waals surface area contributed by atoms with E-state index in [0.717, 1.165) is 36.1 Å². The molecule has 1 aromatic rings. The number of hydrogen-bond acceptors (Lipinski definition) is 3. The van der Waals surface area contributed by atoms with E-state index in [2.05, 4.69) is 35.1 Å². The molecule has 1 unspecified atom stereocenters. The van der Waals surface area contributed by atoms with Gasteiger partial charge in [-0.3, -0.25) is 4.99 Å². The van der Waals surface area contributed by atoms with Gasteiger partial charge in [0, 0.05) is 18.1 Å². The maximum absolute atomic E-state index is 6.21. The van der Waals surface area contributed by atoms with Crippen LogP contribution in [-0.4, -0.2) is 37.4 Å². The molecule has 1 N–H and O–H groups in total. The lowest BCUT2D eigenvalue weighted by molar-refractivity contribution is 0.460. The van der Waals surface area contributed by atoms with E-state index in [-0.39, 0.29) is 6.04 Å². The Balaban J connectivity index is 2.37. The summed E-state index contributed by atoms with van der Waals surface area (Å²) in [7, 11) is 1.97. The van der Waals surface area contributed by atoms with Crippen LogP contribution >= 0.6 is 11.6 Å². The van der Waals surface area contributed by atoms with Crippen LogP contribution in [0.2, 0.25) is 5.02 Å². The number of aliphatic imine (C=N–C) groups is 1. The van der Waals surface area contributed by atoms with Crippen LogP contribution in [0.4, 0.5) is 0 Å². The zero-order valence-electron chi connectivity index (χ0n) is 11.2. The van der Waals surface area contributed by atoms with Crippen LogP contribution in [0.3, 0.4) is 0 Å². The van der Waals surface area contributed by atoms with Crippen molar-refractivity contribution in [1.82, 2.24) is 10.2 Å². The summed E-state index contributed by atoms with van der Waals surface area (Å²) in [6.45, 7) is 7.13. The zero-order valence-corrected chi connectivity index (χ0v) is 12.0. The largest absolute Gasteiger partial charge is 0.357 e. The molecule has 1 atom stereocenters. The molecule has 1 heterocycles. The zero-order chi connectivity index (χ0) is 13.1. The van der Waals surface area contributed by atoms with Crippen LogP contribution in [0.1, 0.15) is 24.1 Å². The van der Waals surface area contributed by atoms with Gasteiger partial charge in [-0.15, -0.1) is 0 Å². The maximum atomic E-state index is 6.21. The second-order valence-corrected chi connectivity index (χ2v) is 4.90. The molecule has 0 radical (unpaired) electrons. The van der Waals surface area contributed by atoms with E-state index >= 15 is 0 Å². The standard InChI is InChI=1S/C14H20ClN3/c1-4-18-9-8-17-14(18)13(16-3)11-6-5-7-12(15)10(11)2/h5-7,13,16H,4,8-9H2,1-3H3.